The Morgan fingerprint density at radius 2 is 1.92 bits per heavy atom. The topological polar surface area (TPSA) is 63.2 Å². The smallest absolute Gasteiger partial charge is 0.249 e. The molecule has 0 spiro atoms. The zero-order valence-corrected chi connectivity index (χ0v) is 15.3. The summed E-state index contributed by atoms with van der Waals surface area (Å²) in [6.07, 6.45) is 1.69. The molecule has 1 N–H and O–H groups in total. The normalized spacial score (nSPS) is 10.4. The summed E-state index contributed by atoms with van der Waals surface area (Å²) in [5.74, 6) is 1.96. The molecule has 0 radical (unpaired) electrons. The van der Waals surface area contributed by atoms with Gasteiger partial charge in [0.1, 0.15) is 5.75 Å². The van der Waals surface area contributed by atoms with Gasteiger partial charge in [0.2, 0.25) is 5.95 Å². The summed E-state index contributed by atoms with van der Waals surface area (Å²) in [5, 5.41) is 11.4. The Morgan fingerprint density at radius 1 is 1.12 bits per heavy atom. The molecule has 26 heavy (non-hydrogen) atoms. The van der Waals surface area contributed by atoms with Gasteiger partial charge in [0.15, 0.2) is 5.82 Å². The summed E-state index contributed by atoms with van der Waals surface area (Å²) in [5.41, 5.74) is 3.16. The number of aromatic nitrogens is 3. The van der Waals surface area contributed by atoms with Gasteiger partial charge in [0.05, 0.1) is 19.0 Å². The maximum Gasteiger partial charge on any atom is 0.249 e. The summed E-state index contributed by atoms with van der Waals surface area (Å²) in [7, 11) is 1.64. The van der Waals surface area contributed by atoms with Crippen molar-refractivity contribution >= 4 is 17.5 Å². The fourth-order valence-electron chi connectivity index (χ4n) is 2.70. The summed E-state index contributed by atoms with van der Waals surface area (Å²) >= 11 is 0. The third kappa shape index (κ3) is 4.27. The maximum absolute atomic E-state index is 5.40. The first-order chi connectivity index (χ1) is 12.7. The molecule has 0 bridgehead atoms. The highest BCUT2D eigenvalue weighted by molar-refractivity contribution is 5.64. The number of rotatable bonds is 7. The van der Waals surface area contributed by atoms with E-state index in [0.29, 0.717) is 5.95 Å². The lowest BCUT2D eigenvalue weighted by molar-refractivity contribution is 0.416. The standard InChI is InChI=1S/C20H23N5O/c1-4-25(14-16-8-6-5-7-9-16)19-13-21-24-20(23-19)22-17-12-15(2)10-11-18(17)26-3/h5-13H,4,14H2,1-3H3,(H,22,23,24). The Balaban J connectivity index is 1.82. The molecule has 0 aliphatic heterocycles. The van der Waals surface area contributed by atoms with Gasteiger partial charge in [-0.3, -0.25) is 0 Å². The van der Waals surface area contributed by atoms with Gasteiger partial charge < -0.3 is 15.0 Å². The summed E-state index contributed by atoms with van der Waals surface area (Å²) in [6.45, 7) is 5.71. The van der Waals surface area contributed by atoms with Crippen LogP contribution in [0, 0.1) is 6.92 Å². The van der Waals surface area contributed by atoms with Crippen LogP contribution >= 0.6 is 0 Å². The lowest BCUT2D eigenvalue weighted by Crippen LogP contribution is -2.23. The molecule has 0 aliphatic rings. The minimum Gasteiger partial charge on any atom is -0.495 e. The van der Waals surface area contributed by atoms with Gasteiger partial charge in [-0.2, -0.15) is 10.1 Å². The SMILES string of the molecule is CCN(Cc1ccccc1)c1cnnc(Nc2cc(C)ccc2OC)n1. The predicted molar refractivity (Wildman–Crippen MR) is 104 cm³/mol. The van der Waals surface area contributed by atoms with Gasteiger partial charge in [0.25, 0.3) is 0 Å². The highest BCUT2D eigenvalue weighted by Gasteiger charge is 2.11. The third-order valence-corrected chi connectivity index (χ3v) is 4.07. The number of hydrogen-bond donors (Lipinski definition) is 1. The number of aryl methyl sites for hydroxylation is 1. The average molecular weight is 349 g/mol. The van der Waals surface area contributed by atoms with Gasteiger partial charge >= 0.3 is 0 Å². The van der Waals surface area contributed by atoms with E-state index in [1.807, 2.05) is 43.3 Å². The Bertz CT molecular complexity index is 854. The molecule has 0 saturated heterocycles. The van der Waals surface area contributed by atoms with Crippen molar-refractivity contribution in [3.63, 3.8) is 0 Å². The van der Waals surface area contributed by atoms with Crippen molar-refractivity contribution in [3.05, 3.63) is 65.9 Å². The van der Waals surface area contributed by atoms with Crippen LogP contribution in [-0.2, 0) is 6.54 Å². The highest BCUT2D eigenvalue weighted by Crippen LogP contribution is 2.27. The van der Waals surface area contributed by atoms with Crippen LogP contribution in [0.1, 0.15) is 18.1 Å². The van der Waals surface area contributed by atoms with Crippen LogP contribution in [0.5, 0.6) is 5.75 Å². The Hall–Kier alpha value is -3.15. The minimum absolute atomic E-state index is 0.443. The maximum atomic E-state index is 5.40. The molecule has 0 atom stereocenters. The Morgan fingerprint density at radius 3 is 2.65 bits per heavy atom. The summed E-state index contributed by atoms with van der Waals surface area (Å²) in [4.78, 5) is 6.78. The Labute approximate surface area is 153 Å². The molecule has 0 aliphatic carbocycles. The molecule has 134 valence electrons. The van der Waals surface area contributed by atoms with Crippen molar-refractivity contribution in [2.24, 2.45) is 0 Å². The molecule has 1 aromatic heterocycles. The van der Waals surface area contributed by atoms with E-state index in [-0.39, 0.29) is 0 Å². The van der Waals surface area contributed by atoms with Crippen LogP contribution < -0.4 is 15.0 Å². The van der Waals surface area contributed by atoms with Crippen molar-refractivity contribution in [2.75, 3.05) is 23.9 Å². The molecule has 6 nitrogen and oxygen atoms in total. The molecular formula is C20H23N5O. The van der Waals surface area contributed by atoms with Crippen molar-refractivity contribution < 1.29 is 4.74 Å². The van der Waals surface area contributed by atoms with Gasteiger partial charge in [0, 0.05) is 13.1 Å². The predicted octanol–water partition coefficient (Wildman–Crippen LogP) is 3.96. The Kier molecular flexibility index (Phi) is 5.63. The van der Waals surface area contributed by atoms with Crippen molar-refractivity contribution in [2.45, 2.75) is 20.4 Å². The summed E-state index contributed by atoms with van der Waals surface area (Å²) in [6, 6.07) is 16.2. The number of methoxy groups -OCH3 is 1. The van der Waals surface area contributed by atoms with E-state index in [4.69, 9.17) is 4.74 Å². The molecule has 1 heterocycles. The van der Waals surface area contributed by atoms with E-state index < -0.39 is 0 Å². The number of nitrogens with one attached hydrogen (secondary N) is 1. The van der Waals surface area contributed by atoms with E-state index in [1.165, 1.54) is 5.56 Å². The van der Waals surface area contributed by atoms with Crippen molar-refractivity contribution in [1.82, 2.24) is 15.2 Å². The zero-order chi connectivity index (χ0) is 18.4. The van der Waals surface area contributed by atoms with Crippen LogP contribution in [0.4, 0.5) is 17.5 Å². The molecular weight excluding hydrogens is 326 g/mol. The monoisotopic (exact) mass is 349 g/mol. The largest absolute Gasteiger partial charge is 0.495 e. The number of ether oxygens (including phenoxy) is 1. The van der Waals surface area contributed by atoms with E-state index in [1.54, 1.807) is 13.3 Å². The second kappa shape index (κ2) is 8.29. The first-order valence-electron chi connectivity index (χ1n) is 8.60. The molecule has 2 aromatic carbocycles. The third-order valence-electron chi connectivity index (χ3n) is 4.07. The van der Waals surface area contributed by atoms with E-state index in [9.17, 15) is 0 Å². The molecule has 3 rings (SSSR count). The zero-order valence-electron chi connectivity index (χ0n) is 15.3. The second-order valence-corrected chi connectivity index (χ2v) is 5.97. The van der Waals surface area contributed by atoms with Crippen molar-refractivity contribution in [1.29, 1.82) is 0 Å². The van der Waals surface area contributed by atoms with Crippen LogP contribution in [0.2, 0.25) is 0 Å². The van der Waals surface area contributed by atoms with Gasteiger partial charge in [-0.15, -0.1) is 5.10 Å². The quantitative estimate of drug-likeness (QED) is 0.697. The number of benzene rings is 2. The summed E-state index contributed by atoms with van der Waals surface area (Å²) < 4.78 is 5.40. The van der Waals surface area contributed by atoms with Gasteiger partial charge in [-0.05, 0) is 37.1 Å². The first-order valence-corrected chi connectivity index (χ1v) is 8.60. The fraction of sp³-hybridized carbons (Fsp3) is 0.250. The lowest BCUT2D eigenvalue weighted by atomic mass is 10.2. The van der Waals surface area contributed by atoms with Crippen LogP contribution in [0.3, 0.4) is 0 Å². The minimum atomic E-state index is 0.443. The number of anilines is 3. The van der Waals surface area contributed by atoms with E-state index >= 15 is 0 Å². The fourth-order valence-corrected chi connectivity index (χ4v) is 2.70. The van der Waals surface area contributed by atoms with Gasteiger partial charge in [-0.1, -0.05) is 36.4 Å². The number of hydrogen-bond acceptors (Lipinski definition) is 6. The molecule has 3 aromatic rings. The molecule has 0 amide bonds. The molecule has 6 heteroatoms. The van der Waals surface area contributed by atoms with E-state index in [2.05, 4.69) is 44.5 Å². The average Bonchev–Trinajstić information content (AvgIpc) is 2.67. The van der Waals surface area contributed by atoms with E-state index in [0.717, 1.165) is 35.9 Å². The van der Waals surface area contributed by atoms with Crippen LogP contribution in [0.15, 0.2) is 54.7 Å². The molecule has 0 saturated carbocycles. The highest BCUT2D eigenvalue weighted by atomic mass is 16.5. The van der Waals surface area contributed by atoms with Crippen LogP contribution in [-0.4, -0.2) is 28.8 Å². The second-order valence-electron chi connectivity index (χ2n) is 5.97. The molecule has 0 fully saturated rings. The van der Waals surface area contributed by atoms with Crippen molar-refractivity contribution in [3.8, 4) is 5.75 Å². The van der Waals surface area contributed by atoms with Gasteiger partial charge in [-0.25, -0.2) is 0 Å². The first kappa shape index (κ1) is 17.7. The lowest BCUT2D eigenvalue weighted by Gasteiger charge is -2.22. The van der Waals surface area contributed by atoms with Crippen LogP contribution in [0.25, 0.3) is 0 Å². The number of nitrogens with zero attached hydrogens (tertiary/aromatic N) is 4. The molecule has 0 unspecified atom stereocenters.